The van der Waals surface area contributed by atoms with E-state index in [2.05, 4.69) is 10.2 Å². The van der Waals surface area contributed by atoms with E-state index in [1.54, 1.807) is 0 Å². The summed E-state index contributed by atoms with van der Waals surface area (Å²) in [7, 11) is 0. The van der Waals surface area contributed by atoms with E-state index in [4.69, 9.17) is 0 Å². The number of likely N-dealkylation sites (tertiary alicyclic amines) is 1. The Kier molecular flexibility index (Phi) is 4.63. The van der Waals surface area contributed by atoms with E-state index in [1.807, 2.05) is 0 Å². The lowest BCUT2D eigenvalue weighted by Gasteiger charge is -2.15. The molecule has 0 radical (unpaired) electrons. The topological polar surface area (TPSA) is 15.3 Å². The van der Waals surface area contributed by atoms with Gasteiger partial charge in [-0.05, 0) is 38.9 Å². The Morgan fingerprint density at radius 3 is 2.16 bits per heavy atom. The summed E-state index contributed by atoms with van der Waals surface area (Å²) < 4.78 is 52.5. The molecule has 2 nitrogen and oxygen atoms in total. The molecule has 0 spiro atoms. The number of hydrogen-bond acceptors (Lipinski definition) is 2. The summed E-state index contributed by atoms with van der Waals surface area (Å²) in [4.78, 5) is 2.25. The van der Waals surface area contributed by atoms with Gasteiger partial charge in [-0.3, -0.25) is 0 Å². The van der Waals surface area contributed by atoms with Crippen molar-refractivity contribution in [2.24, 2.45) is 0 Å². The molecule has 1 aromatic carbocycles. The van der Waals surface area contributed by atoms with E-state index in [0.29, 0.717) is 6.42 Å². The Balaban J connectivity index is 1.88. The van der Waals surface area contributed by atoms with Crippen LogP contribution in [0.5, 0.6) is 0 Å². The highest BCUT2D eigenvalue weighted by molar-refractivity contribution is 5.47. The van der Waals surface area contributed by atoms with Crippen LogP contribution in [0, 0.1) is 23.3 Å². The fraction of sp³-hybridized carbons (Fsp3) is 0.538. The molecule has 1 fully saturated rings. The van der Waals surface area contributed by atoms with Gasteiger partial charge in [0.2, 0.25) is 0 Å². The molecule has 2 rings (SSSR count). The van der Waals surface area contributed by atoms with Crippen LogP contribution in [0.15, 0.2) is 6.07 Å². The highest BCUT2D eigenvalue weighted by Gasteiger charge is 2.18. The van der Waals surface area contributed by atoms with Crippen molar-refractivity contribution in [1.82, 2.24) is 4.90 Å². The second kappa shape index (κ2) is 6.23. The first-order valence-electron chi connectivity index (χ1n) is 6.39. The number of benzene rings is 1. The first-order chi connectivity index (χ1) is 9.09. The largest absolute Gasteiger partial charge is 0.380 e. The molecule has 0 aromatic heterocycles. The maximum absolute atomic E-state index is 13.3. The van der Waals surface area contributed by atoms with E-state index in [1.165, 1.54) is 12.8 Å². The predicted octanol–water partition coefficient (Wildman–Crippen LogP) is 3.14. The van der Waals surface area contributed by atoms with E-state index in [9.17, 15) is 17.6 Å². The quantitative estimate of drug-likeness (QED) is 0.505. The summed E-state index contributed by atoms with van der Waals surface area (Å²) in [5.41, 5.74) is -0.723. The van der Waals surface area contributed by atoms with E-state index < -0.39 is 29.0 Å². The zero-order chi connectivity index (χ0) is 13.8. The van der Waals surface area contributed by atoms with Crippen LogP contribution in [-0.2, 0) is 0 Å². The molecular formula is C13H16F4N2. The third-order valence-corrected chi connectivity index (χ3v) is 3.26. The van der Waals surface area contributed by atoms with Gasteiger partial charge < -0.3 is 10.2 Å². The van der Waals surface area contributed by atoms with Gasteiger partial charge in [-0.25, -0.2) is 17.6 Å². The Hall–Kier alpha value is -1.30. The van der Waals surface area contributed by atoms with Crippen LogP contribution in [0.2, 0.25) is 0 Å². The second-order valence-corrected chi connectivity index (χ2v) is 4.67. The number of hydrogen-bond donors (Lipinski definition) is 1. The van der Waals surface area contributed by atoms with Crippen LogP contribution in [0.3, 0.4) is 0 Å². The minimum absolute atomic E-state index is 0.208. The van der Waals surface area contributed by atoms with Crippen LogP contribution >= 0.6 is 0 Å². The average molecular weight is 276 g/mol. The Morgan fingerprint density at radius 2 is 1.58 bits per heavy atom. The number of nitrogens with one attached hydrogen (secondary N) is 1. The molecule has 0 saturated carbocycles. The summed E-state index contributed by atoms with van der Waals surface area (Å²) >= 11 is 0. The van der Waals surface area contributed by atoms with Gasteiger partial charge in [-0.1, -0.05) is 0 Å². The molecule has 1 aliphatic rings. The van der Waals surface area contributed by atoms with Crippen molar-refractivity contribution in [2.45, 2.75) is 19.3 Å². The maximum Gasteiger partial charge on any atom is 0.185 e. The van der Waals surface area contributed by atoms with E-state index in [0.717, 1.165) is 19.6 Å². The van der Waals surface area contributed by atoms with Gasteiger partial charge in [0.15, 0.2) is 23.3 Å². The lowest BCUT2D eigenvalue weighted by molar-refractivity contribution is 0.337. The van der Waals surface area contributed by atoms with Crippen molar-refractivity contribution >= 4 is 5.69 Å². The van der Waals surface area contributed by atoms with Gasteiger partial charge in [-0.15, -0.1) is 0 Å². The molecule has 0 atom stereocenters. The normalized spacial score (nSPS) is 16.0. The molecule has 1 saturated heterocycles. The van der Waals surface area contributed by atoms with Gasteiger partial charge in [0, 0.05) is 12.6 Å². The monoisotopic (exact) mass is 276 g/mol. The van der Waals surface area contributed by atoms with Gasteiger partial charge >= 0.3 is 0 Å². The fourth-order valence-corrected chi connectivity index (χ4v) is 2.25. The van der Waals surface area contributed by atoms with Gasteiger partial charge in [-0.2, -0.15) is 0 Å². The minimum atomic E-state index is -1.39. The summed E-state index contributed by atoms with van der Waals surface area (Å²) in [6, 6.07) is 0.208. The molecule has 0 aliphatic carbocycles. The molecule has 19 heavy (non-hydrogen) atoms. The molecular weight excluding hydrogens is 260 g/mol. The van der Waals surface area contributed by atoms with Crippen LogP contribution in [0.1, 0.15) is 19.3 Å². The molecule has 106 valence electrons. The molecule has 1 heterocycles. The number of anilines is 1. The second-order valence-electron chi connectivity index (χ2n) is 4.67. The third kappa shape index (κ3) is 3.37. The highest BCUT2D eigenvalue weighted by atomic mass is 19.2. The minimum Gasteiger partial charge on any atom is -0.380 e. The number of nitrogens with zero attached hydrogens (tertiary/aromatic N) is 1. The lowest BCUT2D eigenvalue weighted by Crippen LogP contribution is -2.22. The van der Waals surface area contributed by atoms with Crippen LogP contribution in [0.25, 0.3) is 0 Å². The van der Waals surface area contributed by atoms with Crippen LogP contribution < -0.4 is 5.32 Å². The first kappa shape index (κ1) is 14.1. The van der Waals surface area contributed by atoms with Gasteiger partial charge in [0.05, 0.1) is 0 Å². The standard InChI is InChI=1S/C13H16F4N2/c14-9-8-10(15)12(17)13(11(9)16)18-4-3-7-19-5-1-2-6-19/h8,18H,1-7H2. The average Bonchev–Trinajstić information content (AvgIpc) is 2.89. The summed E-state index contributed by atoms with van der Waals surface area (Å²) in [5.74, 6) is -5.53. The van der Waals surface area contributed by atoms with Crippen molar-refractivity contribution in [3.05, 3.63) is 29.3 Å². The molecule has 1 aliphatic heterocycles. The molecule has 0 amide bonds. The Morgan fingerprint density at radius 1 is 1.00 bits per heavy atom. The van der Waals surface area contributed by atoms with Crippen molar-refractivity contribution in [3.63, 3.8) is 0 Å². The van der Waals surface area contributed by atoms with Crippen molar-refractivity contribution in [1.29, 1.82) is 0 Å². The van der Waals surface area contributed by atoms with E-state index in [-0.39, 0.29) is 12.6 Å². The molecule has 1 aromatic rings. The summed E-state index contributed by atoms with van der Waals surface area (Å²) in [5, 5.41) is 2.43. The molecule has 6 heteroatoms. The van der Waals surface area contributed by atoms with Gasteiger partial charge in [0.25, 0.3) is 0 Å². The molecule has 1 N–H and O–H groups in total. The molecule has 0 bridgehead atoms. The van der Waals surface area contributed by atoms with Crippen molar-refractivity contribution < 1.29 is 17.6 Å². The summed E-state index contributed by atoms with van der Waals surface area (Å²) in [6.07, 6.45) is 3.01. The van der Waals surface area contributed by atoms with Crippen LogP contribution in [-0.4, -0.2) is 31.1 Å². The van der Waals surface area contributed by atoms with Gasteiger partial charge in [0.1, 0.15) is 5.69 Å². The predicted molar refractivity (Wildman–Crippen MR) is 65.1 cm³/mol. The molecule has 0 unspecified atom stereocenters. The van der Waals surface area contributed by atoms with E-state index >= 15 is 0 Å². The maximum atomic E-state index is 13.3. The zero-order valence-corrected chi connectivity index (χ0v) is 10.5. The third-order valence-electron chi connectivity index (χ3n) is 3.26. The number of rotatable bonds is 5. The highest BCUT2D eigenvalue weighted by Crippen LogP contribution is 2.24. The fourth-order valence-electron chi connectivity index (χ4n) is 2.25. The van der Waals surface area contributed by atoms with Crippen LogP contribution in [0.4, 0.5) is 23.2 Å². The van der Waals surface area contributed by atoms with Crippen molar-refractivity contribution in [3.8, 4) is 0 Å². The summed E-state index contributed by atoms with van der Waals surface area (Å²) in [6.45, 7) is 3.16. The van der Waals surface area contributed by atoms with Crippen molar-refractivity contribution in [2.75, 3.05) is 31.5 Å². The Labute approximate surface area is 109 Å². The zero-order valence-electron chi connectivity index (χ0n) is 10.5. The Bertz CT molecular complexity index is 419. The lowest BCUT2D eigenvalue weighted by atomic mass is 10.2. The SMILES string of the molecule is Fc1cc(F)c(F)c(NCCCN2CCCC2)c1F. The first-order valence-corrected chi connectivity index (χ1v) is 6.39. The smallest absolute Gasteiger partial charge is 0.185 e. The number of halogens is 4.